The SMILES string of the molecule is CC1(C)OB(B2OC(C)(C)C(C)(C)O2)OC1(C)C.CSc1nc(-c2cn(S(=O)(=O)c3ccc(C)cc3)c3ncc(F)cc23)ncc1F.CSc1nc(Cl)ncc1F.Cc1ccc(S(=O)(=O)n2cc(-c3ncc(F)c(S(C)=O)n3)c3cc(F)cnc32)cc1.Cc1ccc(S(=O)(=O)n2cc(B3OC(C)(C)C(C)(C)O3)c3cc(F)cnc32)cc1.Cc1ccc(S(=O)(=O)n2cc(Br)c3cc(F)cnc32)cc1.Fc1cnc2[nH]cc(Br)c2c1. The lowest BCUT2D eigenvalue weighted by Crippen LogP contribution is -2.41. The fraction of sp³-hybridized carbons (Fsp3) is 0.260. The number of hydrogen-bond donors (Lipinski definition) is 1. The fourth-order valence-electron chi connectivity index (χ4n) is 14.5. The predicted molar refractivity (Wildman–Crippen MR) is 558 cm³/mol. The van der Waals surface area contributed by atoms with E-state index in [1.165, 1.54) is 116 Å². The molecular weight excluding hydrogens is 2220 g/mol. The minimum absolute atomic E-state index is 0.0121. The Morgan fingerprint density at radius 2 is 0.676 bits per heavy atom. The molecule has 0 aliphatic carbocycles. The van der Waals surface area contributed by atoms with Crippen LogP contribution in [0, 0.1) is 74.2 Å². The zero-order valence-corrected chi connectivity index (χ0v) is 91.9. The number of fused-ring (bicyclic) bond motifs is 5. The molecule has 148 heavy (non-hydrogen) atoms. The molecule has 20 rings (SSSR count). The molecule has 17 aromatic rings. The molecule has 1 atom stereocenters. The molecule has 0 radical (unpaired) electrons. The van der Waals surface area contributed by atoms with Crippen LogP contribution in [-0.4, -0.2) is 187 Å². The largest absolute Gasteiger partial charge is 0.497 e. The number of aromatic amines is 1. The molecule has 4 aromatic carbocycles. The van der Waals surface area contributed by atoms with Gasteiger partial charge in [-0.3, -0.25) is 4.21 Å². The van der Waals surface area contributed by atoms with Crippen LogP contribution >= 0.6 is 67.0 Å². The predicted octanol–water partition coefficient (Wildman–Crippen LogP) is 20.3. The summed E-state index contributed by atoms with van der Waals surface area (Å²) in [5.41, 5.74) is 2.76. The summed E-state index contributed by atoms with van der Waals surface area (Å²) in [4.78, 5) is 45.9. The zero-order chi connectivity index (χ0) is 108. The topological polar surface area (TPSA) is 386 Å². The number of thioether (sulfide) groups is 2. The van der Waals surface area contributed by atoms with E-state index in [0.717, 1.165) is 115 Å². The van der Waals surface area contributed by atoms with E-state index in [1.54, 1.807) is 67.2 Å². The van der Waals surface area contributed by atoms with Gasteiger partial charge in [0.15, 0.2) is 56.7 Å². The van der Waals surface area contributed by atoms with Crippen LogP contribution in [-0.2, 0) is 78.8 Å². The third-order valence-electron chi connectivity index (χ3n) is 24.6. The highest BCUT2D eigenvalue weighted by atomic mass is 79.9. The zero-order valence-electron chi connectivity index (χ0n) is 82.2. The molecular formula is C96H92B3Br2ClF8N16O15S7. The van der Waals surface area contributed by atoms with Gasteiger partial charge < -0.3 is 32.9 Å². The van der Waals surface area contributed by atoms with E-state index in [0.29, 0.717) is 26.4 Å². The molecule has 1 N–H and O–H groups in total. The molecule has 3 fully saturated rings. The summed E-state index contributed by atoms with van der Waals surface area (Å²) >= 11 is 14.2. The van der Waals surface area contributed by atoms with Crippen LogP contribution < -0.4 is 5.46 Å². The van der Waals surface area contributed by atoms with E-state index in [9.17, 15) is 73.0 Å². The highest BCUT2D eigenvalue weighted by molar-refractivity contribution is 9.11. The van der Waals surface area contributed by atoms with Crippen LogP contribution in [0.15, 0.2) is 252 Å². The van der Waals surface area contributed by atoms with Gasteiger partial charge in [-0.05, 0) is 246 Å². The maximum Gasteiger partial charge on any atom is 0.497 e. The Bertz CT molecular complexity index is 8390. The van der Waals surface area contributed by atoms with Crippen molar-refractivity contribution in [3.8, 4) is 22.8 Å². The minimum Gasteiger partial charge on any atom is -0.405 e. The number of benzene rings is 4. The second-order valence-corrected chi connectivity index (χ2v) is 48.8. The highest BCUT2D eigenvalue weighted by Crippen LogP contribution is 2.45. The van der Waals surface area contributed by atoms with E-state index < -0.39 is 124 Å². The Balaban J connectivity index is 0.000000140. The smallest absolute Gasteiger partial charge is 0.405 e. The van der Waals surface area contributed by atoms with Crippen LogP contribution in [0.25, 0.3) is 77.9 Å². The summed E-state index contributed by atoms with van der Waals surface area (Å²) in [5.74, 6) is -4.67. The van der Waals surface area contributed by atoms with Crippen molar-refractivity contribution in [1.82, 2.24) is 75.7 Å². The fourth-order valence-corrected chi connectivity index (χ4v) is 22.4. The number of nitrogens with one attached hydrogen (secondary N) is 1. The quantitative estimate of drug-likeness (QED) is 0.0327. The molecule has 52 heteroatoms. The average molecular weight is 2310 g/mol. The Morgan fingerprint density at radius 3 is 1.05 bits per heavy atom. The normalized spacial score (nSPS) is 15.6. The summed E-state index contributed by atoms with van der Waals surface area (Å²) in [6.45, 7) is 31.2. The van der Waals surface area contributed by atoms with Gasteiger partial charge in [-0.1, -0.05) is 70.8 Å². The van der Waals surface area contributed by atoms with Crippen molar-refractivity contribution < 1.29 is 101 Å². The van der Waals surface area contributed by atoms with Gasteiger partial charge in [-0.2, -0.15) is 0 Å². The van der Waals surface area contributed by atoms with Crippen molar-refractivity contribution in [3.05, 3.63) is 291 Å². The standard InChI is InChI=1S/C20H22BFN2O4S.C19H14F2N4O3S2.C19H14F2N4O2S2.C14H10BrFN2O2S.C12H24B2O4.C7H4BrFN2.C5H4ClFN2S/c1-13-6-8-15(9-7-13)29(25,26)24-12-17(16-10-14(22)11-23-18(16)24)21-27-19(2,3)20(4,5)28-21;1-11-3-5-13(6-4-11)30(27,28)25-10-15(14-7-12(20)8-23-18(14)25)17-22-9-16(21)19(24-17)29(2)26;1-11-3-5-13(6-4-11)29(26,27)25-10-15(14-7-12(20)8-23-18(14)25)17-22-9-16(21)19(24-17)28-2;1-9-2-4-11(5-3-9)21(19,20)18-8-13(15)12-6-10(16)7-17-14(12)18;1-9(2)10(3,4)16-13(15-9)14-17-11(5,6)12(7,8)18-14;8-6-3-11-7-5(6)1-4(9)2-10-7;1-10-4-3(7)2-8-5(6)9-4/h6-12H,1-5H3;3-10H,1-2H3;3-10H,1-2H3;2-8H,1H3;1-8H3;1-3H,(H,10,11);2H,1H3. The number of aryl methyl sites for hydroxylation is 4. The van der Waals surface area contributed by atoms with Crippen molar-refractivity contribution >= 4 is 200 Å². The Morgan fingerprint density at radius 1 is 0.372 bits per heavy atom. The third-order valence-corrected chi connectivity index (χ3v) is 34.9. The number of rotatable bonds is 15. The Labute approximate surface area is 880 Å². The molecule has 3 saturated heterocycles. The van der Waals surface area contributed by atoms with E-state index in [-0.39, 0.29) is 124 Å². The van der Waals surface area contributed by atoms with Gasteiger partial charge >= 0.3 is 21.1 Å². The second kappa shape index (κ2) is 43.7. The molecule has 3 aliphatic rings. The lowest BCUT2D eigenvalue weighted by molar-refractivity contribution is 0.00578. The maximum atomic E-state index is 14.0. The molecule has 3 aliphatic heterocycles. The molecule has 1 unspecified atom stereocenters. The van der Waals surface area contributed by atoms with Crippen molar-refractivity contribution in [2.75, 3.05) is 18.8 Å². The number of nitrogens with zero attached hydrogens (tertiary/aromatic N) is 15. The number of halogens is 11. The van der Waals surface area contributed by atoms with Crippen molar-refractivity contribution in [3.63, 3.8) is 0 Å². The van der Waals surface area contributed by atoms with Crippen molar-refractivity contribution in [1.29, 1.82) is 0 Å². The summed E-state index contributed by atoms with van der Waals surface area (Å²) in [5, 5.41) is 1.94. The molecule has 31 nitrogen and oxygen atoms in total. The monoisotopic (exact) mass is 2310 g/mol. The van der Waals surface area contributed by atoms with Gasteiger partial charge in [0.25, 0.3) is 40.1 Å². The maximum absolute atomic E-state index is 14.0. The molecule has 774 valence electrons. The highest BCUT2D eigenvalue weighted by Gasteiger charge is 2.64. The Kier molecular flexibility index (Phi) is 33.2. The van der Waals surface area contributed by atoms with Gasteiger partial charge in [0.1, 0.15) is 44.8 Å². The third kappa shape index (κ3) is 23.8. The van der Waals surface area contributed by atoms with E-state index in [2.05, 4.69) is 91.7 Å². The Hall–Kier alpha value is -11.1. The van der Waals surface area contributed by atoms with Crippen LogP contribution in [0.5, 0.6) is 0 Å². The van der Waals surface area contributed by atoms with Gasteiger partial charge in [-0.25, -0.2) is 140 Å². The summed E-state index contributed by atoms with van der Waals surface area (Å²) in [6, 6.07) is 31.8. The van der Waals surface area contributed by atoms with Crippen LogP contribution in [0.2, 0.25) is 5.28 Å². The summed E-state index contributed by atoms with van der Waals surface area (Å²) < 4.78 is 266. The van der Waals surface area contributed by atoms with E-state index in [1.807, 2.05) is 111 Å². The van der Waals surface area contributed by atoms with E-state index >= 15 is 0 Å². The van der Waals surface area contributed by atoms with Gasteiger partial charge in [0.05, 0.1) is 114 Å². The van der Waals surface area contributed by atoms with Crippen LogP contribution in [0.1, 0.15) is 105 Å². The first-order chi connectivity index (χ1) is 69.2. The molecule has 16 heterocycles. The van der Waals surface area contributed by atoms with Crippen molar-refractivity contribution in [2.45, 2.75) is 179 Å². The van der Waals surface area contributed by atoms with Gasteiger partial charge in [-0.15, -0.1) is 23.5 Å². The first-order valence-corrected chi connectivity index (χ1v) is 56.0. The molecule has 0 saturated carbocycles. The lowest BCUT2D eigenvalue weighted by atomic mass is 9.49. The summed E-state index contributed by atoms with van der Waals surface area (Å²) in [6.07, 6.45) is 19.5. The van der Waals surface area contributed by atoms with Crippen LogP contribution in [0.3, 0.4) is 0 Å². The lowest BCUT2D eigenvalue weighted by Gasteiger charge is -2.32. The minimum atomic E-state index is -4.07. The van der Waals surface area contributed by atoms with Gasteiger partial charge in [0.2, 0.25) is 5.28 Å². The van der Waals surface area contributed by atoms with E-state index in [4.69, 9.17) is 39.5 Å². The molecule has 0 spiro atoms. The summed E-state index contributed by atoms with van der Waals surface area (Å²) in [7, 11) is -19.3. The molecule has 13 aromatic heterocycles. The van der Waals surface area contributed by atoms with Crippen molar-refractivity contribution in [2.24, 2.45) is 0 Å². The number of pyridine rings is 5. The first-order valence-electron chi connectivity index (χ1n) is 44.3. The number of hydrogen-bond acceptors (Lipinski definition) is 28. The first kappa shape index (κ1) is 112. The molecule has 0 amide bonds. The number of aromatic nitrogens is 16. The molecule has 0 bridgehead atoms. The average Bonchev–Trinajstić information content (AvgIpc) is 1.53. The van der Waals surface area contributed by atoms with Crippen LogP contribution in [0.4, 0.5) is 35.1 Å². The second-order valence-electron chi connectivity index (χ2n) is 36.6. The number of H-pyrrole nitrogens is 1. The van der Waals surface area contributed by atoms with Gasteiger partial charge in [0, 0.05) is 89.7 Å².